The number of carbonyl (C=O) groups is 2. The van der Waals surface area contributed by atoms with Gasteiger partial charge in [-0.05, 0) is 6.92 Å². The molecule has 4 aliphatic heterocycles. The van der Waals surface area contributed by atoms with Crippen LogP contribution in [0.1, 0.15) is 27.7 Å². The first-order chi connectivity index (χ1) is 13.2. The smallest absolute Gasteiger partial charge is 0.303 e. The van der Waals surface area contributed by atoms with Gasteiger partial charge in [-0.2, -0.15) is 0 Å². The van der Waals surface area contributed by atoms with Crippen molar-refractivity contribution in [2.75, 3.05) is 13.2 Å². The van der Waals surface area contributed by atoms with Gasteiger partial charge in [-0.25, -0.2) is 0 Å². The van der Waals surface area contributed by atoms with E-state index in [1.165, 1.54) is 13.8 Å². The van der Waals surface area contributed by atoms with E-state index in [1.54, 1.807) is 0 Å². The molecule has 4 rings (SSSR count). The predicted octanol–water partition coefficient (Wildman–Crippen LogP) is -0.688. The molecule has 156 valence electrons. The minimum atomic E-state index is -0.608. The Morgan fingerprint density at radius 1 is 0.893 bits per heavy atom. The number of aliphatic hydroxyl groups is 1. The summed E-state index contributed by atoms with van der Waals surface area (Å²) in [5.41, 5.74) is 0. The molecule has 0 spiro atoms. The lowest BCUT2D eigenvalue weighted by atomic mass is 9.92. The third kappa shape index (κ3) is 4.36. The highest BCUT2D eigenvalue weighted by atomic mass is 16.6. The molecule has 0 amide bonds. The van der Waals surface area contributed by atoms with E-state index in [-0.39, 0.29) is 49.1 Å². The molecule has 4 saturated heterocycles. The van der Waals surface area contributed by atoms with Gasteiger partial charge < -0.3 is 33.5 Å². The van der Waals surface area contributed by atoms with E-state index in [1.807, 2.05) is 13.8 Å². The van der Waals surface area contributed by atoms with E-state index >= 15 is 0 Å². The van der Waals surface area contributed by atoms with Crippen LogP contribution in [0.25, 0.3) is 0 Å². The van der Waals surface area contributed by atoms with Gasteiger partial charge in [0.15, 0.2) is 6.10 Å². The first-order valence-corrected chi connectivity index (χ1v) is 9.51. The Labute approximate surface area is 165 Å². The molecule has 4 heterocycles. The fourth-order valence-electron chi connectivity index (χ4n) is 4.06. The molecular weight excluding hydrogens is 371 g/mol. The SMILES string of the molecule is CC(=O)O[C@@H]1C2OC[C@@H](O)C2O[C@H]1C.[B][C@@H]1OC2C(OC[C@H]2C)[C@H]1OC(C)=O. The summed E-state index contributed by atoms with van der Waals surface area (Å²) in [6, 6.07) is -0.559. The highest BCUT2D eigenvalue weighted by Crippen LogP contribution is 2.35. The number of rotatable bonds is 2. The second-order valence-electron chi connectivity index (χ2n) is 7.66. The van der Waals surface area contributed by atoms with Crippen LogP contribution in [0.4, 0.5) is 0 Å². The van der Waals surface area contributed by atoms with Crippen molar-refractivity contribution in [3.63, 3.8) is 0 Å². The van der Waals surface area contributed by atoms with E-state index in [2.05, 4.69) is 0 Å². The van der Waals surface area contributed by atoms with Gasteiger partial charge in [-0.15, -0.1) is 0 Å². The first kappa shape index (κ1) is 21.5. The molecule has 4 fully saturated rings. The summed E-state index contributed by atoms with van der Waals surface area (Å²) in [5, 5.41) is 9.48. The van der Waals surface area contributed by atoms with Gasteiger partial charge in [0.2, 0.25) is 0 Å². The van der Waals surface area contributed by atoms with Crippen LogP contribution in [0.2, 0.25) is 0 Å². The maximum absolute atomic E-state index is 10.8. The molecule has 0 aromatic carbocycles. The van der Waals surface area contributed by atoms with Crippen LogP contribution < -0.4 is 0 Å². The molecule has 1 N–H and O–H groups in total. The Balaban J connectivity index is 0.000000161. The number of hydrogen-bond donors (Lipinski definition) is 1. The maximum atomic E-state index is 10.8. The molecule has 0 aromatic rings. The van der Waals surface area contributed by atoms with Crippen LogP contribution in [-0.2, 0) is 38.0 Å². The molecule has 4 unspecified atom stereocenters. The van der Waals surface area contributed by atoms with E-state index in [0.717, 1.165) is 0 Å². The lowest BCUT2D eigenvalue weighted by molar-refractivity contribution is -0.154. The number of esters is 2. The molecule has 10 atom stereocenters. The number of aliphatic hydroxyl groups excluding tert-OH is 1. The molecular formula is C18H27BO9. The van der Waals surface area contributed by atoms with Gasteiger partial charge in [-0.3, -0.25) is 9.59 Å². The van der Waals surface area contributed by atoms with Crippen molar-refractivity contribution in [2.45, 2.75) is 82.5 Å². The zero-order valence-corrected chi connectivity index (χ0v) is 16.5. The van der Waals surface area contributed by atoms with Crippen molar-refractivity contribution in [3.8, 4) is 0 Å². The number of ether oxygens (including phenoxy) is 6. The highest BCUT2D eigenvalue weighted by molar-refractivity contribution is 6.11. The average molecular weight is 398 g/mol. The minimum Gasteiger partial charge on any atom is -0.458 e. The molecule has 0 aliphatic carbocycles. The van der Waals surface area contributed by atoms with Crippen LogP contribution in [0.3, 0.4) is 0 Å². The lowest BCUT2D eigenvalue weighted by Crippen LogP contribution is -2.36. The molecule has 0 bridgehead atoms. The third-order valence-corrected chi connectivity index (χ3v) is 5.32. The fraction of sp³-hybridized carbons (Fsp3) is 0.889. The average Bonchev–Trinajstić information content (AvgIpc) is 3.30. The topological polar surface area (TPSA) is 110 Å². The Morgan fingerprint density at radius 3 is 2.11 bits per heavy atom. The quantitative estimate of drug-likeness (QED) is 0.478. The standard InChI is InChI=1S/C9H13BO4.C9H14O5/c1-4-3-12-7-6(4)14-9(10)8(7)13-5(2)11;1-4-7(14-5(2)10)9-8(13-4)6(11)3-12-9/h4,6-9H,3H2,1-2H3;4,6-9,11H,3H2,1-2H3/t4-,6?,7?,8-,9-;4-,6+,7-,8?,9?/m10/s1. The van der Waals surface area contributed by atoms with Gasteiger partial charge in [0.05, 0.1) is 31.4 Å². The van der Waals surface area contributed by atoms with Crippen molar-refractivity contribution in [1.82, 2.24) is 0 Å². The molecule has 28 heavy (non-hydrogen) atoms. The maximum Gasteiger partial charge on any atom is 0.303 e. The predicted molar refractivity (Wildman–Crippen MR) is 94.5 cm³/mol. The first-order valence-electron chi connectivity index (χ1n) is 9.51. The van der Waals surface area contributed by atoms with Crippen LogP contribution in [0.15, 0.2) is 0 Å². The fourth-order valence-corrected chi connectivity index (χ4v) is 4.06. The zero-order chi connectivity index (χ0) is 20.6. The van der Waals surface area contributed by atoms with Gasteiger partial charge in [0.1, 0.15) is 38.4 Å². The van der Waals surface area contributed by atoms with Crippen LogP contribution in [-0.4, -0.2) is 92.9 Å². The number of fused-ring (bicyclic) bond motifs is 2. The summed E-state index contributed by atoms with van der Waals surface area (Å²) < 4.78 is 31.9. The molecule has 2 radical (unpaired) electrons. The Hall–Kier alpha value is -1.20. The van der Waals surface area contributed by atoms with Crippen molar-refractivity contribution < 1.29 is 43.1 Å². The summed E-state index contributed by atoms with van der Waals surface area (Å²) in [7, 11) is 5.70. The molecule has 4 aliphatic rings. The second-order valence-corrected chi connectivity index (χ2v) is 7.66. The summed E-state index contributed by atoms with van der Waals surface area (Å²) in [6.45, 7) is 7.44. The van der Waals surface area contributed by atoms with E-state index in [9.17, 15) is 14.7 Å². The van der Waals surface area contributed by atoms with Crippen LogP contribution in [0, 0.1) is 5.92 Å². The minimum absolute atomic E-state index is 0.0330. The lowest BCUT2D eigenvalue weighted by Gasteiger charge is -2.19. The highest BCUT2D eigenvalue weighted by Gasteiger charge is 2.52. The normalized spacial score (nSPS) is 46.3. The second kappa shape index (κ2) is 8.67. The largest absolute Gasteiger partial charge is 0.458 e. The molecule has 9 nitrogen and oxygen atoms in total. The van der Waals surface area contributed by atoms with E-state index in [0.29, 0.717) is 12.5 Å². The van der Waals surface area contributed by atoms with Gasteiger partial charge >= 0.3 is 11.9 Å². The summed E-state index contributed by atoms with van der Waals surface area (Å²) in [5.74, 6) is -0.388. The molecule has 0 saturated carbocycles. The summed E-state index contributed by atoms with van der Waals surface area (Å²) >= 11 is 0. The number of carbonyl (C=O) groups excluding carboxylic acids is 2. The molecule has 0 aromatic heterocycles. The van der Waals surface area contributed by atoms with Crippen molar-refractivity contribution in [1.29, 1.82) is 0 Å². The summed E-state index contributed by atoms with van der Waals surface area (Å²) in [4.78, 5) is 21.6. The Morgan fingerprint density at radius 2 is 1.46 bits per heavy atom. The van der Waals surface area contributed by atoms with Gasteiger partial charge in [0, 0.05) is 19.8 Å². The van der Waals surface area contributed by atoms with E-state index < -0.39 is 24.3 Å². The Kier molecular flexibility index (Phi) is 6.66. The molecule has 10 heteroatoms. The van der Waals surface area contributed by atoms with Gasteiger partial charge in [0.25, 0.3) is 0 Å². The Bertz CT molecular complexity index is 537. The van der Waals surface area contributed by atoms with E-state index in [4.69, 9.17) is 36.3 Å². The third-order valence-electron chi connectivity index (χ3n) is 5.32. The van der Waals surface area contributed by atoms with Crippen LogP contribution in [0.5, 0.6) is 0 Å². The monoisotopic (exact) mass is 398 g/mol. The van der Waals surface area contributed by atoms with Crippen molar-refractivity contribution in [2.24, 2.45) is 5.92 Å². The van der Waals surface area contributed by atoms with Crippen LogP contribution >= 0.6 is 0 Å². The van der Waals surface area contributed by atoms with Crippen molar-refractivity contribution in [3.05, 3.63) is 0 Å². The summed E-state index contributed by atoms with van der Waals surface area (Å²) in [6.07, 6.45) is -2.57. The zero-order valence-electron chi connectivity index (χ0n) is 16.5. The number of hydrogen-bond acceptors (Lipinski definition) is 9. The van der Waals surface area contributed by atoms with Gasteiger partial charge in [-0.1, -0.05) is 6.92 Å². The van der Waals surface area contributed by atoms with Crippen molar-refractivity contribution >= 4 is 19.8 Å².